The lowest BCUT2D eigenvalue weighted by atomic mass is 9.80. The molecule has 46 heavy (non-hydrogen) atoms. The Kier molecular flexibility index (Phi) is 23.3. The van der Waals surface area contributed by atoms with E-state index in [2.05, 4.69) is 84.4 Å². The molecule has 0 N–H and O–H groups in total. The first-order valence-corrected chi connectivity index (χ1v) is 20.7. The first-order chi connectivity index (χ1) is 22.6. The highest BCUT2D eigenvalue weighted by atomic mass is 14.2. The zero-order valence-electron chi connectivity index (χ0n) is 31.9. The Hall–Kier alpha value is -1.56. The molecule has 0 fully saturated rings. The van der Waals surface area contributed by atoms with E-state index in [1.54, 1.807) is 33.4 Å². The van der Waals surface area contributed by atoms with Gasteiger partial charge in [-0.25, -0.2) is 0 Å². The third kappa shape index (κ3) is 17.6. The predicted octanol–water partition coefficient (Wildman–Crippen LogP) is 14.9. The molecule has 0 heteroatoms. The molecule has 1 radical (unpaired) electrons. The molecule has 0 aliphatic carbocycles. The third-order valence-corrected chi connectivity index (χ3v) is 10.3. The quantitative estimate of drug-likeness (QED) is 0.0785. The predicted molar refractivity (Wildman–Crippen MR) is 208 cm³/mol. The number of aryl methyl sites for hydroxylation is 4. The number of benzene rings is 2. The van der Waals surface area contributed by atoms with Gasteiger partial charge in [-0.15, -0.1) is 0 Å². The van der Waals surface area contributed by atoms with Gasteiger partial charge in [-0.3, -0.25) is 0 Å². The Balaban J connectivity index is 2.32. The summed E-state index contributed by atoms with van der Waals surface area (Å²) in [5.41, 5.74) is 9.58. The molecule has 0 saturated carbocycles. The smallest absolute Gasteiger partial charge is 0.0130 e. The molecular formula is C46H77. The lowest BCUT2D eigenvalue weighted by Gasteiger charge is -2.25. The standard InChI is InChI=1S/C46H77/c1-7-13-18-19-20-25-30-43(35-44-33-39(26-21-14-8-2)31-40(34-44)27-22-15-9-3)36-45(12-6)46-37-41(28-23-16-10-4)32-42(38-46)29-24-17-11-5/h31-34,36-38,43,45H,7-30,35H2,1-6H3. The average molecular weight is 630 g/mol. The molecule has 0 heterocycles. The first-order valence-electron chi connectivity index (χ1n) is 20.7. The van der Waals surface area contributed by atoms with Crippen molar-refractivity contribution in [3.8, 4) is 0 Å². The summed E-state index contributed by atoms with van der Waals surface area (Å²) in [6.45, 7) is 14.1. The molecule has 0 nitrogen and oxygen atoms in total. The van der Waals surface area contributed by atoms with Gasteiger partial charge >= 0.3 is 0 Å². The highest BCUT2D eigenvalue weighted by Gasteiger charge is 2.20. The van der Waals surface area contributed by atoms with Crippen molar-refractivity contribution >= 4 is 0 Å². The fourth-order valence-electron chi connectivity index (χ4n) is 7.42. The molecule has 2 unspecified atom stereocenters. The van der Waals surface area contributed by atoms with E-state index in [0.29, 0.717) is 11.8 Å². The van der Waals surface area contributed by atoms with E-state index in [1.807, 2.05) is 0 Å². The second kappa shape index (κ2) is 26.4. The van der Waals surface area contributed by atoms with Crippen LogP contribution in [0.1, 0.15) is 209 Å². The highest BCUT2D eigenvalue weighted by molar-refractivity contribution is 5.35. The van der Waals surface area contributed by atoms with Crippen LogP contribution in [-0.4, -0.2) is 0 Å². The summed E-state index contributed by atoms with van der Waals surface area (Å²) in [5.74, 6) is 1.20. The first kappa shape index (κ1) is 40.6. The van der Waals surface area contributed by atoms with Gasteiger partial charge in [0.05, 0.1) is 0 Å². The molecule has 0 aliphatic heterocycles. The zero-order valence-corrected chi connectivity index (χ0v) is 31.9. The van der Waals surface area contributed by atoms with Gasteiger partial charge in [0.25, 0.3) is 0 Å². The van der Waals surface area contributed by atoms with Gasteiger partial charge < -0.3 is 0 Å². The van der Waals surface area contributed by atoms with Crippen LogP contribution in [-0.2, 0) is 32.1 Å². The van der Waals surface area contributed by atoms with Crippen LogP contribution in [0.15, 0.2) is 36.4 Å². The van der Waals surface area contributed by atoms with Crippen molar-refractivity contribution in [1.82, 2.24) is 0 Å². The van der Waals surface area contributed by atoms with Crippen LogP contribution >= 0.6 is 0 Å². The maximum absolute atomic E-state index is 2.83. The summed E-state index contributed by atoms with van der Waals surface area (Å²) in [5, 5.41) is 0. The van der Waals surface area contributed by atoms with Gasteiger partial charge in [0.2, 0.25) is 0 Å². The molecule has 261 valence electrons. The Labute approximate surface area is 289 Å². The van der Waals surface area contributed by atoms with Crippen LogP contribution in [0.25, 0.3) is 0 Å². The number of hydrogen-bond acceptors (Lipinski definition) is 0. The molecule has 2 aromatic carbocycles. The Morgan fingerprint density at radius 3 is 1.22 bits per heavy atom. The Bertz CT molecular complexity index is 943. The summed E-state index contributed by atoms with van der Waals surface area (Å²) in [7, 11) is 0. The Morgan fingerprint density at radius 2 is 0.783 bits per heavy atom. The Morgan fingerprint density at radius 1 is 0.413 bits per heavy atom. The molecule has 2 atom stereocenters. The molecule has 2 aromatic rings. The van der Waals surface area contributed by atoms with Gasteiger partial charge in [0.15, 0.2) is 0 Å². The topological polar surface area (TPSA) is 0 Å². The van der Waals surface area contributed by atoms with E-state index in [4.69, 9.17) is 0 Å². The van der Waals surface area contributed by atoms with E-state index in [-0.39, 0.29) is 0 Å². The monoisotopic (exact) mass is 630 g/mol. The zero-order chi connectivity index (χ0) is 33.2. The van der Waals surface area contributed by atoms with Crippen molar-refractivity contribution in [2.45, 2.75) is 208 Å². The maximum atomic E-state index is 2.83. The minimum atomic E-state index is 0.554. The van der Waals surface area contributed by atoms with Crippen molar-refractivity contribution < 1.29 is 0 Å². The lowest BCUT2D eigenvalue weighted by molar-refractivity contribution is 0.466. The maximum Gasteiger partial charge on any atom is -0.0130 e. The van der Waals surface area contributed by atoms with Gasteiger partial charge in [-0.2, -0.15) is 0 Å². The summed E-state index contributed by atoms with van der Waals surface area (Å²) < 4.78 is 0. The molecule has 0 spiro atoms. The fourth-order valence-corrected chi connectivity index (χ4v) is 7.42. The van der Waals surface area contributed by atoms with E-state index < -0.39 is 0 Å². The lowest BCUT2D eigenvalue weighted by Crippen LogP contribution is -2.13. The van der Waals surface area contributed by atoms with Crippen LogP contribution in [0.3, 0.4) is 0 Å². The van der Waals surface area contributed by atoms with E-state index in [0.717, 1.165) is 0 Å². The number of hydrogen-bond donors (Lipinski definition) is 0. The van der Waals surface area contributed by atoms with Gasteiger partial charge in [0, 0.05) is 0 Å². The summed E-state index contributed by atoms with van der Waals surface area (Å²) in [6.07, 6.45) is 35.8. The third-order valence-electron chi connectivity index (χ3n) is 10.3. The van der Waals surface area contributed by atoms with Crippen LogP contribution in [0.5, 0.6) is 0 Å². The number of rotatable bonds is 29. The normalized spacial score (nSPS) is 12.9. The summed E-state index contributed by atoms with van der Waals surface area (Å²) in [6, 6.07) is 15.5. The number of unbranched alkanes of at least 4 members (excludes halogenated alkanes) is 13. The second-order valence-electron chi connectivity index (χ2n) is 14.8. The SMILES string of the molecule is CCCCCCCCC([CH]C(CC)c1cc(CCCCC)cc(CCCCC)c1)Cc1cc(CCCCC)cc(CCCCC)c1. The fraction of sp³-hybridized carbons (Fsp3) is 0.717. The van der Waals surface area contributed by atoms with Crippen molar-refractivity contribution in [2.24, 2.45) is 5.92 Å². The highest BCUT2D eigenvalue weighted by Crippen LogP contribution is 2.33. The molecule has 0 aliphatic rings. The van der Waals surface area contributed by atoms with Crippen molar-refractivity contribution in [2.75, 3.05) is 0 Å². The molecule has 0 bridgehead atoms. The molecular weight excluding hydrogens is 553 g/mol. The van der Waals surface area contributed by atoms with Crippen LogP contribution < -0.4 is 0 Å². The van der Waals surface area contributed by atoms with E-state index >= 15 is 0 Å². The largest absolute Gasteiger partial charge is 0.0654 e. The van der Waals surface area contributed by atoms with Crippen LogP contribution in [0.4, 0.5) is 0 Å². The van der Waals surface area contributed by atoms with E-state index in [1.165, 1.54) is 161 Å². The van der Waals surface area contributed by atoms with Crippen molar-refractivity contribution in [1.29, 1.82) is 0 Å². The molecule has 0 amide bonds. The van der Waals surface area contributed by atoms with Gasteiger partial charge in [0.1, 0.15) is 0 Å². The molecule has 0 saturated heterocycles. The van der Waals surface area contributed by atoms with Gasteiger partial charge in [-0.1, -0.05) is 168 Å². The van der Waals surface area contributed by atoms with Crippen molar-refractivity contribution in [3.05, 3.63) is 76.2 Å². The van der Waals surface area contributed by atoms with Gasteiger partial charge in [-0.05, 0) is 122 Å². The summed E-state index contributed by atoms with van der Waals surface area (Å²) in [4.78, 5) is 0. The van der Waals surface area contributed by atoms with Crippen LogP contribution in [0.2, 0.25) is 0 Å². The van der Waals surface area contributed by atoms with Crippen molar-refractivity contribution in [3.63, 3.8) is 0 Å². The molecule has 0 aromatic heterocycles. The van der Waals surface area contributed by atoms with Crippen LogP contribution in [0, 0.1) is 12.3 Å². The second-order valence-corrected chi connectivity index (χ2v) is 14.8. The minimum Gasteiger partial charge on any atom is -0.0654 e. The molecule has 2 rings (SSSR count). The van der Waals surface area contributed by atoms with E-state index in [9.17, 15) is 0 Å². The summed E-state index contributed by atoms with van der Waals surface area (Å²) >= 11 is 0. The average Bonchev–Trinajstić information content (AvgIpc) is 3.05. The minimum absolute atomic E-state index is 0.554.